The van der Waals surface area contributed by atoms with Crippen LogP contribution in [0.25, 0.3) is 0 Å². The van der Waals surface area contributed by atoms with Gasteiger partial charge in [-0.25, -0.2) is 0 Å². The third-order valence-electron chi connectivity index (χ3n) is 3.79. The average Bonchev–Trinajstić information content (AvgIpc) is 3.34. The average molecular weight is 382 g/mol. The van der Waals surface area contributed by atoms with Gasteiger partial charge in [-0.1, -0.05) is 32.0 Å². The van der Waals surface area contributed by atoms with E-state index in [4.69, 9.17) is 9.15 Å². The Bertz CT molecular complexity index is 931. The number of para-hydroxylation sites is 1. The van der Waals surface area contributed by atoms with Crippen molar-refractivity contribution in [2.24, 2.45) is 5.92 Å². The van der Waals surface area contributed by atoms with Gasteiger partial charge in [0.05, 0.1) is 0 Å². The highest BCUT2D eigenvalue weighted by Crippen LogP contribution is 2.14. The molecule has 0 aliphatic heterocycles. The standard InChI is InChI=1S/C20H22N4O4/c1-13(2)10-14-11-17(22-21-14)19(25)23-24-20(26)18-9-8-16(28-18)12-27-15-6-4-3-5-7-15/h3-9,11,13H,10,12H2,1-2H3,(H,21,22)(H,23,25)(H,24,26). The number of carbonyl (C=O) groups is 2. The van der Waals surface area contributed by atoms with Crippen LogP contribution in [0, 0.1) is 5.92 Å². The van der Waals surface area contributed by atoms with Crippen LogP contribution in [0.4, 0.5) is 0 Å². The van der Waals surface area contributed by atoms with Crippen LogP contribution >= 0.6 is 0 Å². The molecule has 0 aliphatic rings. The van der Waals surface area contributed by atoms with E-state index in [2.05, 4.69) is 34.9 Å². The first-order valence-electron chi connectivity index (χ1n) is 8.93. The first-order valence-corrected chi connectivity index (χ1v) is 8.93. The third kappa shape index (κ3) is 5.23. The lowest BCUT2D eigenvalue weighted by atomic mass is 10.1. The van der Waals surface area contributed by atoms with Crippen molar-refractivity contribution in [3.8, 4) is 5.75 Å². The van der Waals surface area contributed by atoms with Gasteiger partial charge in [0.25, 0.3) is 5.91 Å². The number of aromatic amines is 1. The van der Waals surface area contributed by atoms with Gasteiger partial charge in [-0.3, -0.25) is 25.5 Å². The molecule has 0 fully saturated rings. The molecule has 28 heavy (non-hydrogen) atoms. The van der Waals surface area contributed by atoms with E-state index in [9.17, 15) is 9.59 Å². The lowest BCUT2D eigenvalue weighted by molar-refractivity contribution is 0.0826. The molecule has 3 aromatic rings. The van der Waals surface area contributed by atoms with Crippen molar-refractivity contribution in [1.29, 1.82) is 0 Å². The van der Waals surface area contributed by atoms with Crippen molar-refractivity contribution < 1.29 is 18.7 Å². The summed E-state index contributed by atoms with van der Waals surface area (Å²) in [6.45, 7) is 4.34. The minimum absolute atomic E-state index is 0.0643. The van der Waals surface area contributed by atoms with Crippen LogP contribution < -0.4 is 15.6 Å². The Kier molecular flexibility index (Phi) is 6.11. The smallest absolute Gasteiger partial charge is 0.305 e. The molecule has 0 atom stereocenters. The maximum Gasteiger partial charge on any atom is 0.305 e. The van der Waals surface area contributed by atoms with Gasteiger partial charge in [0.15, 0.2) is 11.5 Å². The van der Waals surface area contributed by atoms with E-state index in [1.165, 1.54) is 6.07 Å². The summed E-state index contributed by atoms with van der Waals surface area (Å²) < 4.78 is 11.0. The molecule has 8 nitrogen and oxygen atoms in total. The van der Waals surface area contributed by atoms with Crippen molar-refractivity contribution in [3.63, 3.8) is 0 Å². The van der Waals surface area contributed by atoms with Crippen LogP contribution in [-0.4, -0.2) is 22.0 Å². The number of hydrogen-bond acceptors (Lipinski definition) is 5. The minimum atomic E-state index is -0.572. The number of hydrogen-bond donors (Lipinski definition) is 3. The van der Waals surface area contributed by atoms with E-state index in [0.717, 1.165) is 12.1 Å². The number of H-pyrrole nitrogens is 1. The van der Waals surface area contributed by atoms with Gasteiger partial charge in [-0.15, -0.1) is 0 Å². The van der Waals surface area contributed by atoms with E-state index in [0.29, 0.717) is 17.4 Å². The summed E-state index contributed by atoms with van der Waals surface area (Å²) in [5.74, 6) is 0.611. The Labute approximate surface area is 162 Å². The third-order valence-corrected chi connectivity index (χ3v) is 3.79. The van der Waals surface area contributed by atoms with Gasteiger partial charge < -0.3 is 9.15 Å². The molecule has 0 unspecified atom stereocenters. The molecule has 0 spiro atoms. The first kappa shape index (κ1) is 19.2. The highest BCUT2D eigenvalue weighted by atomic mass is 16.5. The predicted octanol–water partition coefficient (Wildman–Crippen LogP) is 2.86. The molecule has 2 heterocycles. The number of hydrazine groups is 1. The summed E-state index contributed by atoms with van der Waals surface area (Å²) in [7, 11) is 0. The topological polar surface area (TPSA) is 109 Å². The fourth-order valence-electron chi connectivity index (χ4n) is 2.51. The molecule has 2 amide bonds. The number of carbonyl (C=O) groups excluding carboxylic acids is 2. The van der Waals surface area contributed by atoms with E-state index in [1.54, 1.807) is 12.1 Å². The summed E-state index contributed by atoms with van der Waals surface area (Å²) in [4.78, 5) is 24.2. The molecular formula is C20H22N4O4. The van der Waals surface area contributed by atoms with E-state index < -0.39 is 11.8 Å². The van der Waals surface area contributed by atoms with Gasteiger partial charge >= 0.3 is 5.91 Å². The summed E-state index contributed by atoms with van der Waals surface area (Å²) in [5, 5.41) is 6.76. The Morgan fingerprint density at radius 3 is 2.61 bits per heavy atom. The highest BCUT2D eigenvalue weighted by Gasteiger charge is 2.15. The zero-order valence-corrected chi connectivity index (χ0v) is 15.7. The first-order chi connectivity index (χ1) is 13.5. The Balaban J connectivity index is 1.49. The Hall–Kier alpha value is -3.55. The van der Waals surface area contributed by atoms with Crippen molar-refractivity contribution in [2.45, 2.75) is 26.9 Å². The van der Waals surface area contributed by atoms with Gasteiger partial charge in [0.1, 0.15) is 18.1 Å². The second-order valence-electron chi connectivity index (χ2n) is 6.65. The van der Waals surface area contributed by atoms with Crippen molar-refractivity contribution in [2.75, 3.05) is 0 Å². The zero-order valence-electron chi connectivity index (χ0n) is 15.7. The highest BCUT2D eigenvalue weighted by molar-refractivity contribution is 5.96. The van der Waals surface area contributed by atoms with Gasteiger partial charge in [0.2, 0.25) is 0 Å². The van der Waals surface area contributed by atoms with Crippen LogP contribution in [0.2, 0.25) is 0 Å². The molecule has 1 aromatic carbocycles. The Morgan fingerprint density at radius 2 is 1.86 bits per heavy atom. The van der Waals surface area contributed by atoms with Crippen molar-refractivity contribution in [1.82, 2.24) is 21.0 Å². The zero-order chi connectivity index (χ0) is 19.9. The van der Waals surface area contributed by atoms with Crippen LogP contribution in [0.1, 0.15) is 46.3 Å². The second-order valence-corrected chi connectivity index (χ2v) is 6.65. The molecule has 3 N–H and O–H groups in total. The van der Waals surface area contributed by atoms with Crippen molar-refractivity contribution >= 4 is 11.8 Å². The number of furan rings is 1. The number of aromatic nitrogens is 2. The summed E-state index contributed by atoms with van der Waals surface area (Å²) >= 11 is 0. The maximum absolute atomic E-state index is 12.1. The van der Waals surface area contributed by atoms with Crippen LogP contribution in [0.5, 0.6) is 5.75 Å². The minimum Gasteiger partial charge on any atom is -0.486 e. The molecule has 0 saturated carbocycles. The van der Waals surface area contributed by atoms with Crippen LogP contribution in [0.15, 0.2) is 52.9 Å². The summed E-state index contributed by atoms with van der Waals surface area (Å²) in [5.41, 5.74) is 5.69. The molecule has 2 aromatic heterocycles. The largest absolute Gasteiger partial charge is 0.486 e. The lowest BCUT2D eigenvalue weighted by Crippen LogP contribution is -2.41. The SMILES string of the molecule is CC(C)Cc1cc(C(=O)NNC(=O)c2ccc(COc3ccccc3)o2)n[nH]1. The fraction of sp³-hybridized carbons (Fsp3) is 0.250. The quantitative estimate of drug-likeness (QED) is 0.545. The number of nitrogens with zero attached hydrogens (tertiary/aromatic N) is 1. The molecule has 0 bridgehead atoms. The number of rotatable bonds is 7. The Morgan fingerprint density at radius 1 is 1.11 bits per heavy atom. The maximum atomic E-state index is 12.1. The van der Waals surface area contributed by atoms with Gasteiger partial charge in [-0.2, -0.15) is 5.10 Å². The van der Waals surface area contributed by atoms with E-state index >= 15 is 0 Å². The van der Waals surface area contributed by atoms with E-state index in [1.807, 2.05) is 30.3 Å². The molecular weight excluding hydrogens is 360 g/mol. The fourth-order valence-corrected chi connectivity index (χ4v) is 2.51. The van der Waals surface area contributed by atoms with Gasteiger partial charge in [0, 0.05) is 5.69 Å². The normalized spacial score (nSPS) is 10.7. The molecule has 0 radical (unpaired) electrons. The molecule has 8 heteroatoms. The molecule has 0 saturated heterocycles. The summed E-state index contributed by atoms with van der Waals surface area (Å²) in [6, 6.07) is 14.1. The lowest BCUT2D eigenvalue weighted by Gasteiger charge is -2.04. The number of amides is 2. The predicted molar refractivity (Wildman–Crippen MR) is 102 cm³/mol. The number of ether oxygens (including phenoxy) is 1. The van der Waals surface area contributed by atoms with Crippen LogP contribution in [-0.2, 0) is 13.0 Å². The summed E-state index contributed by atoms with van der Waals surface area (Å²) in [6.07, 6.45) is 0.785. The van der Waals surface area contributed by atoms with E-state index in [-0.39, 0.29) is 18.1 Å². The monoisotopic (exact) mass is 382 g/mol. The molecule has 3 rings (SSSR count). The van der Waals surface area contributed by atoms with Crippen molar-refractivity contribution in [3.05, 3.63) is 71.4 Å². The molecule has 0 aliphatic carbocycles. The van der Waals surface area contributed by atoms with Crippen LogP contribution in [0.3, 0.4) is 0 Å². The number of nitrogens with one attached hydrogen (secondary N) is 3. The van der Waals surface area contributed by atoms with Gasteiger partial charge in [-0.05, 0) is 42.7 Å². The molecule has 146 valence electrons. The number of benzene rings is 1. The second kappa shape index (κ2) is 8.90.